The molecule has 1 heterocycles. The molecular weight excluding hydrogens is 496 g/mol. The molecule has 200 valence electrons. The number of amides is 1. The lowest BCUT2D eigenvalue weighted by molar-refractivity contribution is -0.148. The molecule has 0 aliphatic heterocycles. The number of aliphatic hydroxyl groups excluding tert-OH is 2. The number of rotatable bonds is 4. The van der Waals surface area contributed by atoms with E-state index in [0.29, 0.717) is 16.8 Å². The van der Waals surface area contributed by atoms with Crippen LogP contribution in [0, 0.1) is 11.8 Å². The third-order valence-corrected chi connectivity index (χ3v) is 7.92. The number of carbonyl (C=O) groups is 3. The van der Waals surface area contributed by atoms with Crippen molar-refractivity contribution in [3.05, 3.63) is 52.3 Å². The molecule has 0 saturated carbocycles. The summed E-state index contributed by atoms with van der Waals surface area (Å²) in [5.74, 6) is -6.90. The summed E-state index contributed by atoms with van der Waals surface area (Å²) in [4.78, 5) is 42.8. The molecule has 3 aliphatic carbocycles. The molecule has 1 aromatic carbocycles. The van der Waals surface area contributed by atoms with Crippen molar-refractivity contribution in [3.8, 4) is 16.9 Å². The predicted octanol–water partition coefficient (Wildman–Crippen LogP) is 0.842. The zero-order valence-corrected chi connectivity index (χ0v) is 21.2. The first-order valence-corrected chi connectivity index (χ1v) is 11.9. The number of allylic oxidation sites excluding steroid dienone is 1. The van der Waals surface area contributed by atoms with Gasteiger partial charge in [-0.1, -0.05) is 5.16 Å². The highest BCUT2D eigenvalue weighted by atomic mass is 16.5. The third kappa shape index (κ3) is 3.23. The summed E-state index contributed by atoms with van der Waals surface area (Å²) < 4.78 is 4.90. The molecular formula is C26H28N4O8. The van der Waals surface area contributed by atoms with Crippen LogP contribution in [0.2, 0.25) is 0 Å². The number of primary amides is 1. The number of benzene rings is 1. The van der Waals surface area contributed by atoms with E-state index in [1.54, 1.807) is 39.2 Å². The molecule has 0 saturated heterocycles. The lowest BCUT2D eigenvalue weighted by atomic mass is 9.58. The van der Waals surface area contributed by atoms with Gasteiger partial charge >= 0.3 is 0 Å². The van der Waals surface area contributed by atoms with Crippen LogP contribution in [-0.2, 0) is 16.0 Å². The number of ketones is 2. The first kappa shape index (κ1) is 25.5. The topological polar surface area (TPSA) is 191 Å². The fourth-order valence-corrected chi connectivity index (χ4v) is 6.26. The highest BCUT2D eigenvalue weighted by Gasteiger charge is 2.63. The molecule has 12 heteroatoms. The number of aliphatic hydroxyl groups is 3. The molecule has 1 amide bonds. The van der Waals surface area contributed by atoms with Crippen molar-refractivity contribution in [3.63, 3.8) is 0 Å². The molecule has 0 bridgehead atoms. The van der Waals surface area contributed by atoms with E-state index in [0.717, 1.165) is 0 Å². The van der Waals surface area contributed by atoms with Crippen LogP contribution in [0.1, 0.15) is 22.3 Å². The molecule has 3 aliphatic rings. The van der Waals surface area contributed by atoms with E-state index in [1.165, 1.54) is 17.4 Å². The van der Waals surface area contributed by atoms with E-state index < -0.39 is 58.0 Å². The van der Waals surface area contributed by atoms with Crippen molar-refractivity contribution in [2.75, 3.05) is 33.1 Å². The summed E-state index contributed by atoms with van der Waals surface area (Å²) in [5.41, 5.74) is 3.42. The Morgan fingerprint density at radius 3 is 2.42 bits per heavy atom. The number of carbonyl (C=O) groups excluding carboxylic acids is 3. The summed E-state index contributed by atoms with van der Waals surface area (Å²) in [6.45, 7) is 0. The van der Waals surface area contributed by atoms with Gasteiger partial charge in [-0.25, -0.2) is 0 Å². The van der Waals surface area contributed by atoms with Crippen molar-refractivity contribution < 1.29 is 39.3 Å². The molecule has 5 rings (SSSR count). The Hall–Kier alpha value is -4.16. The zero-order chi connectivity index (χ0) is 27.8. The summed E-state index contributed by atoms with van der Waals surface area (Å²) >= 11 is 0. The first-order valence-electron chi connectivity index (χ1n) is 11.9. The van der Waals surface area contributed by atoms with E-state index in [2.05, 4.69) is 5.16 Å². The second-order valence-corrected chi connectivity index (χ2v) is 10.4. The number of fused-ring (bicyclic) bond motifs is 3. The highest BCUT2D eigenvalue weighted by Crippen LogP contribution is 2.54. The maximum Gasteiger partial charge on any atom is 0.255 e. The minimum absolute atomic E-state index is 0.0206. The normalized spacial score (nSPS) is 26.8. The number of phenols is 1. The van der Waals surface area contributed by atoms with Gasteiger partial charge in [-0.3, -0.25) is 19.3 Å². The minimum atomic E-state index is -2.68. The molecule has 0 unspecified atom stereocenters. The minimum Gasteiger partial charge on any atom is -0.510 e. The van der Waals surface area contributed by atoms with E-state index in [-0.39, 0.29) is 35.3 Å². The van der Waals surface area contributed by atoms with Crippen LogP contribution in [0.25, 0.3) is 11.1 Å². The predicted molar refractivity (Wildman–Crippen MR) is 133 cm³/mol. The van der Waals surface area contributed by atoms with E-state index in [4.69, 9.17) is 10.3 Å². The first-order chi connectivity index (χ1) is 17.8. The average Bonchev–Trinajstić information content (AvgIpc) is 3.35. The number of likely N-dealkylation sites (N-methyl/N-ethyl adjacent to an activating group) is 1. The number of nitrogens with two attached hydrogens (primary N) is 1. The fraction of sp³-hybridized carbons (Fsp3) is 0.385. The van der Waals surface area contributed by atoms with Gasteiger partial charge in [0, 0.05) is 42.4 Å². The van der Waals surface area contributed by atoms with Gasteiger partial charge in [-0.15, -0.1) is 0 Å². The van der Waals surface area contributed by atoms with Gasteiger partial charge < -0.3 is 35.6 Å². The lowest BCUT2D eigenvalue weighted by Gasteiger charge is -2.50. The quantitative estimate of drug-likeness (QED) is 0.356. The largest absolute Gasteiger partial charge is 0.510 e. The molecule has 0 fully saturated rings. The van der Waals surface area contributed by atoms with Gasteiger partial charge in [0.2, 0.25) is 5.78 Å². The van der Waals surface area contributed by atoms with Crippen LogP contribution in [-0.4, -0.2) is 87.8 Å². The zero-order valence-electron chi connectivity index (χ0n) is 21.2. The van der Waals surface area contributed by atoms with Gasteiger partial charge in [-0.2, -0.15) is 0 Å². The number of hydrogen-bond donors (Lipinski definition) is 5. The van der Waals surface area contributed by atoms with E-state index in [1.807, 2.05) is 0 Å². The Labute approximate surface area is 217 Å². The van der Waals surface area contributed by atoms with Crippen LogP contribution in [0.15, 0.2) is 45.7 Å². The number of nitrogens with zero attached hydrogens (tertiary/aromatic N) is 3. The number of anilines is 1. The van der Waals surface area contributed by atoms with Crippen molar-refractivity contribution >= 4 is 23.2 Å². The van der Waals surface area contributed by atoms with Crippen molar-refractivity contribution in [2.45, 2.75) is 24.5 Å². The smallest absolute Gasteiger partial charge is 0.255 e. The summed E-state index contributed by atoms with van der Waals surface area (Å²) in [7, 11) is 6.74. The fourth-order valence-electron chi connectivity index (χ4n) is 6.26. The molecule has 38 heavy (non-hydrogen) atoms. The van der Waals surface area contributed by atoms with Crippen molar-refractivity contribution in [1.82, 2.24) is 10.1 Å². The molecule has 0 radical (unpaired) electrons. The molecule has 0 spiro atoms. The van der Waals surface area contributed by atoms with E-state index >= 15 is 0 Å². The van der Waals surface area contributed by atoms with Crippen molar-refractivity contribution in [1.29, 1.82) is 0 Å². The van der Waals surface area contributed by atoms with Gasteiger partial charge in [0.1, 0.15) is 29.1 Å². The summed E-state index contributed by atoms with van der Waals surface area (Å²) in [6, 6.07) is 0.667. The summed E-state index contributed by atoms with van der Waals surface area (Å²) in [6.07, 6.45) is 2.91. The van der Waals surface area contributed by atoms with Crippen LogP contribution in [0.4, 0.5) is 5.69 Å². The Kier molecular flexibility index (Phi) is 5.65. The molecule has 2 aromatic rings. The van der Waals surface area contributed by atoms with Crippen LogP contribution in [0.5, 0.6) is 5.75 Å². The molecule has 12 nitrogen and oxygen atoms in total. The monoisotopic (exact) mass is 524 g/mol. The Balaban J connectivity index is 1.76. The molecule has 1 aromatic heterocycles. The SMILES string of the molecule is CN(C)c1cc(-c2cnoc2)c(O)c2c1C[C@H]1C[C@H]3[C@H](N(C)C)C(O)=C(C(N)=O)C(=O)[C@@]3(O)C(O)=C1C2=O. The van der Waals surface area contributed by atoms with Gasteiger partial charge in [-0.05, 0) is 44.5 Å². The maximum absolute atomic E-state index is 14.0. The molecule has 4 atom stereocenters. The Morgan fingerprint density at radius 1 is 1.18 bits per heavy atom. The van der Waals surface area contributed by atoms with Crippen molar-refractivity contribution in [2.24, 2.45) is 17.6 Å². The van der Waals surface area contributed by atoms with Gasteiger partial charge in [0.05, 0.1) is 17.8 Å². The number of Topliss-reactive ketones (excluding diaryl/α,β-unsaturated/α-hetero) is 2. The lowest BCUT2D eigenvalue weighted by Crippen LogP contribution is -2.63. The Morgan fingerprint density at radius 2 is 1.87 bits per heavy atom. The molecule has 6 N–H and O–H groups in total. The third-order valence-electron chi connectivity index (χ3n) is 7.92. The number of phenolic OH excluding ortho intramolecular Hbond substituents is 1. The highest BCUT2D eigenvalue weighted by molar-refractivity contribution is 6.25. The average molecular weight is 525 g/mol. The number of aromatic hydroxyl groups is 1. The standard InChI is InChI=1S/C26H28N4O8/c1-29(2)15-7-12(11-8-28-38-9-11)20(31)17-13(15)5-10-6-14-19(30(3)4)22(33)18(25(27)36)24(35)26(14,37)23(34)16(10)21(17)32/h7-10,14,19,31,33-34,37H,5-6H2,1-4H3,(H2,27,36)/t10-,14-,19-,26-/m0/s1. The van der Waals surface area contributed by atoms with Crippen LogP contribution in [0.3, 0.4) is 0 Å². The second-order valence-electron chi connectivity index (χ2n) is 10.4. The summed E-state index contributed by atoms with van der Waals surface area (Å²) in [5, 5.41) is 48.9. The van der Waals surface area contributed by atoms with Gasteiger partial charge in [0.25, 0.3) is 5.91 Å². The number of hydrogen-bond acceptors (Lipinski definition) is 11. The van der Waals surface area contributed by atoms with Crippen LogP contribution >= 0.6 is 0 Å². The van der Waals surface area contributed by atoms with Gasteiger partial charge in [0.15, 0.2) is 11.4 Å². The number of aromatic nitrogens is 1. The second kappa shape index (κ2) is 8.43. The Bertz CT molecular complexity index is 1460. The maximum atomic E-state index is 14.0. The van der Waals surface area contributed by atoms with E-state index in [9.17, 15) is 34.8 Å². The van der Waals surface area contributed by atoms with Crippen LogP contribution < -0.4 is 10.6 Å².